The molecule has 4 nitrogen and oxygen atoms in total. The van der Waals surface area contributed by atoms with Crippen molar-refractivity contribution in [3.8, 4) is 0 Å². The van der Waals surface area contributed by atoms with E-state index in [4.69, 9.17) is 0 Å². The summed E-state index contributed by atoms with van der Waals surface area (Å²) in [4.78, 5) is 26.2. The van der Waals surface area contributed by atoms with Gasteiger partial charge in [0.05, 0.1) is 0 Å². The molecule has 0 aliphatic carbocycles. The first-order valence-electron chi connectivity index (χ1n) is 6.56. The molecule has 1 rings (SSSR count). The molecule has 0 aromatic heterocycles. The van der Waals surface area contributed by atoms with Crippen LogP contribution in [0.5, 0.6) is 0 Å². The Morgan fingerprint density at radius 3 is 2.61 bits per heavy atom. The minimum atomic E-state index is -0.763. The SMILES string of the molecule is CCCC1C(=O)NC(C)(C)C(=O)N1CCCSC. The highest BCUT2D eigenvalue weighted by Crippen LogP contribution is 2.21. The molecule has 1 N–H and O–H groups in total. The van der Waals surface area contributed by atoms with E-state index in [1.165, 1.54) is 0 Å². The van der Waals surface area contributed by atoms with Gasteiger partial charge in [0.2, 0.25) is 11.8 Å². The molecule has 1 fully saturated rings. The van der Waals surface area contributed by atoms with Gasteiger partial charge in [-0.15, -0.1) is 0 Å². The van der Waals surface area contributed by atoms with Crippen LogP contribution in [-0.2, 0) is 9.59 Å². The van der Waals surface area contributed by atoms with Crippen LogP contribution in [-0.4, -0.2) is 46.8 Å². The Morgan fingerprint density at radius 1 is 1.39 bits per heavy atom. The molecule has 1 aliphatic rings. The van der Waals surface area contributed by atoms with Crippen LogP contribution in [0.25, 0.3) is 0 Å². The van der Waals surface area contributed by atoms with Gasteiger partial charge in [0, 0.05) is 6.54 Å². The van der Waals surface area contributed by atoms with Gasteiger partial charge in [-0.25, -0.2) is 0 Å². The van der Waals surface area contributed by atoms with E-state index in [0.717, 1.165) is 25.0 Å². The van der Waals surface area contributed by atoms with E-state index in [-0.39, 0.29) is 17.9 Å². The number of rotatable bonds is 6. The fourth-order valence-corrected chi connectivity index (χ4v) is 2.70. The Hall–Kier alpha value is -0.710. The molecule has 0 saturated carbocycles. The molecule has 1 aliphatic heterocycles. The van der Waals surface area contributed by atoms with Crippen molar-refractivity contribution in [3.63, 3.8) is 0 Å². The van der Waals surface area contributed by atoms with Crippen molar-refractivity contribution in [2.75, 3.05) is 18.6 Å². The van der Waals surface area contributed by atoms with Gasteiger partial charge in [0.25, 0.3) is 0 Å². The van der Waals surface area contributed by atoms with E-state index in [1.54, 1.807) is 30.5 Å². The second-order valence-electron chi connectivity index (χ2n) is 5.26. The van der Waals surface area contributed by atoms with E-state index < -0.39 is 5.54 Å². The number of carbonyl (C=O) groups is 2. The Kier molecular flexibility index (Phi) is 5.50. The van der Waals surface area contributed by atoms with Gasteiger partial charge in [0.15, 0.2) is 0 Å². The number of nitrogens with zero attached hydrogens (tertiary/aromatic N) is 1. The lowest BCUT2D eigenvalue weighted by molar-refractivity contribution is -0.153. The van der Waals surface area contributed by atoms with Crippen molar-refractivity contribution in [3.05, 3.63) is 0 Å². The average Bonchev–Trinajstić information content (AvgIpc) is 2.29. The van der Waals surface area contributed by atoms with Crippen molar-refractivity contribution >= 4 is 23.6 Å². The van der Waals surface area contributed by atoms with Gasteiger partial charge in [-0.05, 0) is 38.7 Å². The van der Waals surface area contributed by atoms with E-state index >= 15 is 0 Å². The third-order valence-electron chi connectivity index (χ3n) is 3.22. The highest BCUT2D eigenvalue weighted by Gasteiger charge is 2.44. The summed E-state index contributed by atoms with van der Waals surface area (Å²) in [5.41, 5.74) is -0.763. The van der Waals surface area contributed by atoms with Gasteiger partial charge in [0.1, 0.15) is 11.6 Å². The maximum Gasteiger partial charge on any atom is 0.248 e. The number of piperazine rings is 1. The summed E-state index contributed by atoms with van der Waals surface area (Å²) in [6.45, 7) is 6.27. The molecule has 1 saturated heterocycles. The summed E-state index contributed by atoms with van der Waals surface area (Å²) < 4.78 is 0. The molecule has 0 bridgehead atoms. The van der Waals surface area contributed by atoms with Crippen LogP contribution in [0.2, 0.25) is 0 Å². The smallest absolute Gasteiger partial charge is 0.248 e. The Morgan fingerprint density at radius 2 is 2.06 bits per heavy atom. The molecule has 0 radical (unpaired) electrons. The first-order chi connectivity index (χ1) is 8.44. The molecule has 1 atom stereocenters. The highest BCUT2D eigenvalue weighted by molar-refractivity contribution is 7.98. The maximum atomic E-state index is 12.4. The zero-order chi connectivity index (χ0) is 13.8. The van der Waals surface area contributed by atoms with Crippen molar-refractivity contribution < 1.29 is 9.59 Å². The van der Waals surface area contributed by atoms with Crippen molar-refractivity contribution in [1.82, 2.24) is 10.2 Å². The number of thioether (sulfide) groups is 1. The van der Waals surface area contributed by atoms with E-state index in [0.29, 0.717) is 6.54 Å². The summed E-state index contributed by atoms with van der Waals surface area (Å²) in [5.74, 6) is 1.05. The fraction of sp³-hybridized carbons (Fsp3) is 0.846. The first-order valence-corrected chi connectivity index (χ1v) is 7.95. The molecule has 0 aromatic rings. The van der Waals surface area contributed by atoms with Crippen LogP contribution in [0.3, 0.4) is 0 Å². The minimum Gasteiger partial charge on any atom is -0.340 e. The molecule has 5 heteroatoms. The zero-order valence-electron chi connectivity index (χ0n) is 11.8. The minimum absolute atomic E-state index is 0.00870. The summed E-state index contributed by atoms with van der Waals surface area (Å²) >= 11 is 1.77. The molecule has 104 valence electrons. The largest absolute Gasteiger partial charge is 0.340 e. The molecule has 0 spiro atoms. The van der Waals surface area contributed by atoms with Crippen LogP contribution in [0.15, 0.2) is 0 Å². The van der Waals surface area contributed by atoms with Crippen LogP contribution < -0.4 is 5.32 Å². The number of hydrogen-bond acceptors (Lipinski definition) is 3. The van der Waals surface area contributed by atoms with Gasteiger partial charge < -0.3 is 10.2 Å². The second-order valence-corrected chi connectivity index (χ2v) is 6.25. The van der Waals surface area contributed by atoms with E-state index in [1.807, 2.05) is 6.92 Å². The lowest BCUT2D eigenvalue weighted by Gasteiger charge is -2.43. The Labute approximate surface area is 114 Å². The first kappa shape index (κ1) is 15.3. The van der Waals surface area contributed by atoms with Crippen LogP contribution >= 0.6 is 11.8 Å². The summed E-state index contributed by atoms with van der Waals surface area (Å²) in [7, 11) is 0. The predicted molar refractivity (Wildman–Crippen MR) is 75.6 cm³/mol. The van der Waals surface area contributed by atoms with Gasteiger partial charge in [-0.3, -0.25) is 9.59 Å². The summed E-state index contributed by atoms with van der Waals surface area (Å²) in [5, 5.41) is 2.83. The number of hydrogen-bond donors (Lipinski definition) is 1. The number of carbonyl (C=O) groups excluding carboxylic acids is 2. The van der Waals surface area contributed by atoms with Crippen molar-refractivity contribution in [2.24, 2.45) is 0 Å². The average molecular weight is 272 g/mol. The quantitative estimate of drug-likeness (QED) is 0.748. The topological polar surface area (TPSA) is 49.4 Å². The van der Waals surface area contributed by atoms with Crippen molar-refractivity contribution in [1.29, 1.82) is 0 Å². The number of nitrogens with one attached hydrogen (secondary N) is 1. The second kappa shape index (κ2) is 6.45. The van der Waals surface area contributed by atoms with Gasteiger partial charge >= 0.3 is 0 Å². The molecule has 2 amide bonds. The normalized spacial score (nSPS) is 23.1. The lowest BCUT2D eigenvalue weighted by atomic mass is 9.95. The third kappa shape index (κ3) is 3.40. The predicted octanol–water partition coefficient (Wildman–Crippen LogP) is 1.65. The van der Waals surface area contributed by atoms with E-state index in [9.17, 15) is 9.59 Å². The summed E-state index contributed by atoms with van der Waals surface area (Å²) in [6, 6.07) is -0.280. The van der Waals surface area contributed by atoms with Gasteiger partial charge in [-0.1, -0.05) is 13.3 Å². The molecule has 18 heavy (non-hydrogen) atoms. The molecule has 1 heterocycles. The maximum absolute atomic E-state index is 12.4. The molecule has 1 unspecified atom stereocenters. The Balaban J connectivity index is 2.80. The van der Waals surface area contributed by atoms with Crippen molar-refractivity contribution in [2.45, 2.75) is 51.6 Å². The molecule has 0 aromatic carbocycles. The molecular formula is C13H24N2O2S. The zero-order valence-corrected chi connectivity index (χ0v) is 12.6. The fourth-order valence-electron chi connectivity index (χ4n) is 2.28. The molecular weight excluding hydrogens is 248 g/mol. The van der Waals surface area contributed by atoms with Crippen LogP contribution in [0.1, 0.15) is 40.0 Å². The standard InChI is InChI=1S/C13H24N2O2S/c1-5-7-10-11(16)14-13(2,3)12(17)15(10)8-6-9-18-4/h10H,5-9H2,1-4H3,(H,14,16). The monoisotopic (exact) mass is 272 g/mol. The van der Waals surface area contributed by atoms with E-state index in [2.05, 4.69) is 11.6 Å². The summed E-state index contributed by atoms with van der Waals surface area (Å²) in [6.07, 6.45) is 4.65. The van der Waals surface area contributed by atoms with Crippen LogP contribution in [0, 0.1) is 0 Å². The highest BCUT2D eigenvalue weighted by atomic mass is 32.2. The van der Waals surface area contributed by atoms with Crippen LogP contribution in [0.4, 0.5) is 0 Å². The van der Waals surface area contributed by atoms with Gasteiger partial charge in [-0.2, -0.15) is 11.8 Å². The lowest BCUT2D eigenvalue weighted by Crippen LogP contribution is -2.68. The Bertz CT molecular complexity index is 318. The number of amides is 2. The third-order valence-corrected chi connectivity index (χ3v) is 3.92.